The van der Waals surface area contributed by atoms with E-state index in [9.17, 15) is 4.79 Å². The lowest BCUT2D eigenvalue weighted by Crippen LogP contribution is -2.32. The second-order valence-electron chi connectivity index (χ2n) is 7.47. The SMILES string of the molecule is O=C(CSc1nnc2c(Cl)cc(Cl)cn12)N1CCCC1c1ccc2c(c1)OCCCO2. The fourth-order valence-corrected chi connectivity index (χ4v) is 5.31. The summed E-state index contributed by atoms with van der Waals surface area (Å²) in [6.07, 6.45) is 4.46. The van der Waals surface area contributed by atoms with Crippen molar-refractivity contribution in [1.29, 1.82) is 0 Å². The van der Waals surface area contributed by atoms with Gasteiger partial charge in [0.25, 0.3) is 0 Å². The van der Waals surface area contributed by atoms with Crippen molar-refractivity contribution in [2.24, 2.45) is 0 Å². The predicted molar refractivity (Wildman–Crippen MR) is 119 cm³/mol. The number of fused-ring (bicyclic) bond motifs is 2. The van der Waals surface area contributed by atoms with E-state index in [1.165, 1.54) is 11.8 Å². The topological polar surface area (TPSA) is 69.0 Å². The van der Waals surface area contributed by atoms with E-state index >= 15 is 0 Å². The Morgan fingerprint density at radius 1 is 1.13 bits per heavy atom. The highest BCUT2D eigenvalue weighted by atomic mass is 35.5. The van der Waals surface area contributed by atoms with Crippen LogP contribution < -0.4 is 9.47 Å². The van der Waals surface area contributed by atoms with E-state index in [0.717, 1.165) is 42.9 Å². The van der Waals surface area contributed by atoms with Gasteiger partial charge in [-0.1, -0.05) is 41.0 Å². The molecule has 1 aromatic carbocycles. The second-order valence-corrected chi connectivity index (χ2v) is 9.26. The van der Waals surface area contributed by atoms with Gasteiger partial charge in [0.1, 0.15) is 0 Å². The third-order valence-corrected chi connectivity index (χ3v) is 6.86. The van der Waals surface area contributed by atoms with Crippen molar-refractivity contribution in [2.45, 2.75) is 30.5 Å². The van der Waals surface area contributed by atoms with Gasteiger partial charge in [-0.25, -0.2) is 0 Å². The summed E-state index contributed by atoms with van der Waals surface area (Å²) in [5.41, 5.74) is 1.60. The molecule has 2 aliphatic rings. The van der Waals surface area contributed by atoms with Crippen molar-refractivity contribution in [3.8, 4) is 11.5 Å². The van der Waals surface area contributed by atoms with Crippen LogP contribution in [-0.4, -0.2) is 50.9 Å². The molecule has 1 amide bonds. The van der Waals surface area contributed by atoms with Gasteiger partial charge in [0.2, 0.25) is 5.91 Å². The first-order valence-electron chi connectivity index (χ1n) is 10.1. The Balaban J connectivity index is 1.31. The van der Waals surface area contributed by atoms with Crippen molar-refractivity contribution in [2.75, 3.05) is 25.5 Å². The number of thioether (sulfide) groups is 1. The summed E-state index contributed by atoms with van der Waals surface area (Å²) in [5, 5.41) is 9.75. The van der Waals surface area contributed by atoms with Crippen molar-refractivity contribution in [3.05, 3.63) is 46.1 Å². The number of nitrogens with zero attached hydrogens (tertiary/aromatic N) is 4. The van der Waals surface area contributed by atoms with E-state index in [2.05, 4.69) is 10.2 Å². The Morgan fingerprint density at radius 2 is 1.97 bits per heavy atom. The number of halogens is 2. The van der Waals surface area contributed by atoms with E-state index < -0.39 is 0 Å². The van der Waals surface area contributed by atoms with Gasteiger partial charge in [-0.05, 0) is 36.6 Å². The monoisotopic (exact) mass is 478 g/mol. The lowest BCUT2D eigenvalue weighted by Gasteiger charge is -2.25. The molecule has 0 saturated carbocycles. The molecule has 2 aromatic heterocycles. The number of hydrogen-bond donors (Lipinski definition) is 0. The standard InChI is InChI=1S/C21H20Cl2N4O3S/c22-14-10-15(23)20-24-25-21(27(20)11-14)31-12-19(28)26-6-1-3-16(26)13-4-5-17-18(9-13)30-8-2-7-29-17/h4-5,9-11,16H,1-3,6-8,12H2. The van der Waals surface area contributed by atoms with E-state index in [4.69, 9.17) is 32.7 Å². The average Bonchev–Trinajstić information content (AvgIpc) is 3.33. The Hall–Kier alpha value is -2.16. The molecule has 31 heavy (non-hydrogen) atoms. The molecule has 0 aliphatic carbocycles. The molecule has 10 heteroatoms. The largest absolute Gasteiger partial charge is 0.490 e. The number of likely N-dealkylation sites (tertiary alicyclic amines) is 1. The zero-order valence-corrected chi connectivity index (χ0v) is 18.9. The molecule has 3 aromatic rings. The molecule has 1 saturated heterocycles. The number of aromatic nitrogens is 3. The highest BCUT2D eigenvalue weighted by Crippen LogP contribution is 2.38. The minimum absolute atomic E-state index is 0.0317. The van der Waals surface area contributed by atoms with Crippen LogP contribution in [0.5, 0.6) is 11.5 Å². The number of amides is 1. The zero-order chi connectivity index (χ0) is 21.4. The van der Waals surface area contributed by atoms with Gasteiger partial charge in [-0.15, -0.1) is 10.2 Å². The Morgan fingerprint density at radius 3 is 2.84 bits per heavy atom. The number of hydrogen-bond acceptors (Lipinski definition) is 6. The Labute approximate surface area is 193 Å². The van der Waals surface area contributed by atoms with E-state index in [1.807, 2.05) is 23.1 Å². The molecule has 0 radical (unpaired) electrons. The number of carbonyl (C=O) groups excluding carboxylic acids is 1. The molecule has 2 aliphatic heterocycles. The van der Waals surface area contributed by atoms with Crippen LogP contribution in [0.2, 0.25) is 10.0 Å². The molecular formula is C21H20Cl2N4O3S. The van der Waals surface area contributed by atoms with Gasteiger partial charge >= 0.3 is 0 Å². The predicted octanol–water partition coefficient (Wildman–Crippen LogP) is 4.65. The number of ether oxygens (including phenoxy) is 2. The van der Waals surface area contributed by atoms with Crippen LogP contribution in [0.25, 0.3) is 5.65 Å². The normalized spacial score (nSPS) is 18.4. The Kier molecular flexibility index (Phi) is 5.86. The summed E-state index contributed by atoms with van der Waals surface area (Å²) < 4.78 is 13.3. The first-order chi connectivity index (χ1) is 15.1. The number of benzene rings is 1. The summed E-state index contributed by atoms with van der Waals surface area (Å²) >= 11 is 13.6. The minimum atomic E-state index is 0.0317. The lowest BCUT2D eigenvalue weighted by atomic mass is 10.0. The van der Waals surface area contributed by atoms with Crippen molar-refractivity contribution < 1.29 is 14.3 Å². The van der Waals surface area contributed by atoms with E-state index in [0.29, 0.717) is 34.1 Å². The van der Waals surface area contributed by atoms with Gasteiger partial charge in [-0.3, -0.25) is 9.20 Å². The van der Waals surface area contributed by atoms with Gasteiger partial charge in [0.15, 0.2) is 22.3 Å². The van der Waals surface area contributed by atoms with Crippen molar-refractivity contribution >= 4 is 46.5 Å². The lowest BCUT2D eigenvalue weighted by molar-refractivity contribution is -0.129. The molecule has 1 unspecified atom stereocenters. The first-order valence-corrected chi connectivity index (χ1v) is 11.9. The number of carbonyl (C=O) groups is 1. The molecule has 0 spiro atoms. The molecule has 1 fully saturated rings. The van der Waals surface area contributed by atoms with Gasteiger partial charge in [0.05, 0.1) is 35.1 Å². The Bertz CT molecular complexity index is 1140. The van der Waals surface area contributed by atoms with Crippen LogP contribution in [0.4, 0.5) is 0 Å². The quantitative estimate of drug-likeness (QED) is 0.508. The summed E-state index contributed by atoms with van der Waals surface area (Å²) in [5.74, 6) is 1.84. The van der Waals surface area contributed by atoms with Crippen LogP contribution >= 0.6 is 35.0 Å². The van der Waals surface area contributed by atoms with E-state index in [-0.39, 0.29) is 17.7 Å². The van der Waals surface area contributed by atoms with Crippen LogP contribution in [-0.2, 0) is 4.79 Å². The maximum atomic E-state index is 13.1. The van der Waals surface area contributed by atoms with Gasteiger partial charge in [-0.2, -0.15) is 0 Å². The van der Waals surface area contributed by atoms with E-state index in [1.54, 1.807) is 16.7 Å². The van der Waals surface area contributed by atoms with Crippen LogP contribution in [0.1, 0.15) is 30.9 Å². The smallest absolute Gasteiger partial charge is 0.233 e. The van der Waals surface area contributed by atoms with Gasteiger partial charge in [0, 0.05) is 19.2 Å². The third kappa shape index (κ3) is 4.16. The summed E-state index contributed by atoms with van der Waals surface area (Å²) in [6, 6.07) is 7.65. The van der Waals surface area contributed by atoms with Gasteiger partial charge < -0.3 is 14.4 Å². The highest BCUT2D eigenvalue weighted by molar-refractivity contribution is 7.99. The van der Waals surface area contributed by atoms with Crippen LogP contribution in [0.15, 0.2) is 35.6 Å². The highest BCUT2D eigenvalue weighted by Gasteiger charge is 2.31. The van der Waals surface area contributed by atoms with Crippen LogP contribution in [0, 0.1) is 0 Å². The molecule has 1 atom stereocenters. The fraction of sp³-hybridized carbons (Fsp3) is 0.381. The first kappa shape index (κ1) is 20.7. The van der Waals surface area contributed by atoms with Crippen molar-refractivity contribution in [3.63, 3.8) is 0 Å². The molecule has 4 heterocycles. The average molecular weight is 479 g/mol. The summed E-state index contributed by atoms with van der Waals surface area (Å²) in [7, 11) is 0. The maximum absolute atomic E-state index is 13.1. The molecule has 0 N–H and O–H groups in total. The van der Waals surface area contributed by atoms with Crippen molar-refractivity contribution in [1.82, 2.24) is 19.5 Å². The molecule has 0 bridgehead atoms. The number of pyridine rings is 1. The van der Waals surface area contributed by atoms with Crippen LogP contribution in [0.3, 0.4) is 0 Å². The molecule has 5 rings (SSSR count). The molecule has 7 nitrogen and oxygen atoms in total. The zero-order valence-electron chi connectivity index (χ0n) is 16.6. The molecular weight excluding hydrogens is 459 g/mol. The summed E-state index contributed by atoms with van der Waals surface area (Å²) in [4.78, 5) is 15.0. The molecule has 162 valence electrons. The summed E-state index contributed by atoms with van der Waals surface area (Å²) in [6.45, 7) is 2.03. The third-order valence-electron chi connectivity index (χ3n) is 5.45. The minimum Gasteiger partial charge on any atom is -0.490 e. The fourth-order valence-electron chi connectivity index (χ4n) is 4.01. The maximum Gasteiger partial charge on any atom is 0.233 e. The second kappa shape index (κ2) is 8.76. The number of rotatable bonds is 4.